The van der Waals surface area contributed by atoms with Gasteiger partial charge in [-0.15, -0.1) is 0 Å². The Bertz CT molecular complexity index is 628. The smallest absolute Gasteiger partial charge is 0.157 e. The minimum atomic E-state index is 0.482. The van der Waals surface area contributed by atoms with Crippen LogP contribution in [0.15, 0.2) is 64.1 Å². The van der Waals surface area contributed by atoms with Crippen molar-refractivity contribution in [2.75, 3.05) is 5.75 Å². The number of benzene rings is 2. The first kappa shape index (κ1) is 14.7. The van der Waals surface area contributed by atoms with Gasteiger partial charge in [-0.25, -0.2) is 0 Å². The van der Waals surface area contributed by atoms with Crippen molar-refractivity contribution in [2.24, 2.45) is 4.99 Å². The molecule has 1 aliphatic heterocycles. The first-order valence-corrected chi connectivity index (χ1v) is 8.80. The quantitative estimate of drug-likeness (QED) is 0.880. The number of halogens is 1. The maximum absolute atomic E-state index is 4.68. The summed E-state index contributed by atoms with van der Waals surface area (Å²) in [5.41, 5.74) is 2.60. The highest BCUT2D eigenvalue weighted by atomic mass is 79.9. The second-order valence-corrected chi connectivity index (χ2v) is 6.92. The molecule has 3 rings (SSSR count). The Kier molecular flexibility index (Phi) is 4.99. The van der Waals surface area contributed by atoms with E-state index in [9.17, 15) is 0 Å². The van der Waals surface area contributed by atoms with E-state index >= 15 is 0 Å². The third-order valence-corrected chi connectivity index (χ3v) is 5.29. The zero-order valence-corrected chi connectivity index (χ0v) is 14.0. The Morgan fingerprint density at radius 3 is 2.67 bits per heavy atom. The normalized spacial score (nSPS) is 19.7. The van der Waals surface area contributed by atoms with E-state index in [2.05, 4.69) is 68.7 Å². The van der Waals surface area contributed by atoms with Gasteiger partial charge in [0.05, 0.1) is 6.54 Å². The van der Waals surface area contributed by atoms with E-state index in [1.54, 1.807) is 0 Å². The van der Waals surface area contributed by atoms with Crippen molar-refractivity contribution >= 4 is 32.9 Å². The summed E-state index contributed by atoms with van der Waals surface area (Å²) in [6.07, 6.45) is 1.06. The third kappa shape index (κ3) is 4.11. The number of amidine groups is 1. The summed E-state index contributed by atoms with van der Waals surface area (Å²) in [6.45, 7) is 0.717. The fourth-order valence-electron chi connectivity index (χ4n) is 2.32. The van der Waals surface area contributed by atoms with Crippen LogP contribution in [0.2, 0.25) is 0 Å². The zero-order chi connectivity index (χ0) is 14.5. The number of thioether (sulfide) groups is 1. The fourth-order valence-corrected chi connectivity index (χ4v) is 3.70. The van der Waals surface area contributed by atoms with Crippen LogP contribution in [0, 0.1) is 0 Å². The molecular weight excluding hydrogens is 344 g/mol. The Balaban J connectivity index is 1.57. The van der Waals surface area contributed by atoms with Crippen LogP contribution >= 0.6 is 27.7 Å². The molecule has 1 N–H and O–H groups in total. The molecule has 0 spiro atoms. The van der Waals surface area contributed by atoms with Crippen molar-refractivity contribution in [3.63, 3.8) is 0 Å². The highest BCUT2D eigenvalue weighted by molar-refractivity contribution is 9.10. The molecule has 2 nitrogen and oxygen atoms in total. The molecule has 1 fully saturated rings. The number of hydrogen-bond acceptors (Lipinski definition) is 2. The second-order valence-electron chi connectivity index (χ2n) is 5.05. The lowest BCUT2D eigenvalue weighted by molar-refractivity contribution is 0.686. The maximum Gasteiger partial charge on any atom is 0.157 e. The molecule has 2 aromatic rings. The van der Waals surface area contributed by atoms with Crippen LogP contribution in [-0.2, 0) is 13.0 Å². The van der Waals surface area contributed by atoms with Crippen LogP contribution < -0.4 is 5.32 Å². The minimum Gasteiger partial charge on any atom is -0.361 e. The molecule has 0 saturated carbocycles. The average molecular weight is 361 g/mol. The highest BCUT2D eigenvalue weighted by Crippen LogP contribution is 2.20. The molecule has 0 aromatic heterocycles. The molecule has 0 bridgehead atoms. The Morgan fingerprint density at radius 2 is 1.86 bits per heavy atom. The monoisotopic (exact) mass is 360 g/mol. The molecule has 4 heteroatoms. The summed E-state index contributed by atoms with van der Waals surface area (Å²) in [4.78, 5) is 4.68. The van der Waals surface area contributed by atoms with Gasteiger partial charge < -0.3 is 5.32 Å². The van der Waals surface area contributed by atoms with Gasteiger partial charge >= 0.3 is 0 Å². The van der Waals surface area contributed by atoms with Gasteiger partial charge in [0.25, 0.3) is 0 Å². The van der Waals surface area contributed by atoms with E-state index in [0.717, 1.165) is 28.4 Å². The molecule has 1 heterocycles. The van der Waals surface area contributed by atoms with Gasteiger partial charge in [-0.1, -0.05) is 76.2 Å². The Labute approximate surface area is 138 Å². The van der Waals surface area contributed by atoms with Gasteiger partial charge in [-0.2, -0.15) is 0 Å². The summed E-state index contributed by atoms with van der Waals surface area (Å²) in [5.74, 6) is 1.09. The van der Waals surface area contributed by atoms with Crippen LogP contribution in [-0.4, -0.2) is 17.0 Å². The molecule has 0 aliphatic carbocycles. The maximum atomic E-state index is 4.68. The van der Waals surface area contributed by atoms with E-state index in [1.807, 2.05) is 23.9 Å². The van der Waals surface area contributed by atoms with Crippen LogP contribution in [0.25, 0.3) is 0 Å². The van der Waals surface area contributed by atoms with E-state index < -0.39 is 0 Å². The summed E-state index contributed by atoms with van der Waals surface area (Å²) in [6, 6.07) is 19.3. The van der Waals surface area contributed by atoms with Gasteiger partial charge in [-0.3, -0.25) is 4.99 Å². The average Bonchev–Trinajstić information content (AvgIpc) is 2.95. The van der Waals surface area contributed by atoms with Crippen LogP contribution in [0.3, 0.4) is 0 Å². The highest BCUT2D eigenvalue weighted by Gasteiger charge is 2.20. The summed E-state index contributed by atoms with van der Waals surface area (Å²) >= 11 is 5.38. The van der Waals surface area contributed by atoms with Crippen LogP contribution in [0.4, 0.5) is 0 Å². The summed E-state index contributed by atoms with van der Waals surface area (Å²) in [7, 11) is 0. The second kappa shape index (κ2) is 7.14. The van der Waals surface area contributed by atoms with Crippen molar-refractivity contribution in [1.29, 1.82) is 0 Å². The lowest BCUT2D eigenvalue weighted by Gasteiger charge is -2.09. The van der Waals surface area contributed by atoms with Crippen molar-refractivity contribution in [2.45, 2.75) is 19.0 Å². The van der Waals surface area contributed by atoms with Crippen molar-refractivity contribution in [3.05, 3.63) is 70.2 Å². The molecule has 2 aromatic carbocycles. The number of nitrogens with zero attached hydrogens (tertiary/aromatic N) is 1. The standard InChI is InChI=1S/C17H17BrN2S/c18-16-9-5-4-8-14(16)11-19-17-20-15(12-21-17)10-13-6-2-1-3-7-13/h1-9,15H,10-12H2,(H,19,20). The minimum absolute atomic E-state index is 0.482. The SMILES string of the molecule is Brc1ccccc1CN=C1NC(Cc2ccccc2)CS1. The van der Waals surface area contributed by atoms with Crippen LogP contribution in [0.1, 0.15) is 11.1 Å². The van der Waals surface area contributed by atoms with Gasteiger partial charge in [0.1, 0.15) is 0 Å². The Morgan fingerprint density at radius 1 is 1.10 bits per heavy atom. The van der Waals surface area contributed by atoms with Gasteiger partial charge in [0, 0.05) is 16.3 Å². The molecule has 1 aliphatic rings. The topological polar surface area (TPSA) is 24.4 Å². The first-order chi connectivity index (χ1) is 10.3. The number of nitrogens with one attached hydrogen (secondary N) is 1. The summed E-state index contributed by atoms with van der Waals surface area (Å²) < 4.78 is 1.12. The van der Waals surface area contributed by atoms with Gasteiger partial charge in [-0.05, 0) is 23.6 Å². The van der Waals surface area contributed by atoms with E-state index in [0.29, 0.717) is 6.04 Å². The lowest BCUT2D eigenvalue weighted by atomic mass is 10.1. The third-order valence-electron chi connectivity index (χ3n) is 3.42. The fraction of sp³-hybridized carbons (Fsp3) is 0.235. The van der Waals surface area contributed by atoms with E-state index in [-0.39, 0.29) is 0 Å². The molecule has 1 saturated heterocycles. The largest absolute Gasteiger partial charge is 0.361 e. The number of aliphatic imine (C=N–C) groups is 1. The van der Waals surface area contributed by atoms with E-state index in [4.69, 9.17) is 0 Å². The van der Waals surface area contributed by atoms with Crippen molar-refractivity contribution < 1.29 is 0 Å². The Hall–Kier alpha value is -1.26. The van der Waals surface area contributed by atoms with Crippen molar-refractivity contribution in [1.82, 2.24) is 5.32 Å². The molecule has 108 valence electrons. The molecular formula is C17H17BrN2S. The lowest BCUT2D eigenvalue weighted by Crippen LogP contribution is -2.29. The predicted octanol–water partition coefficient (Wildman–Crippen LogP) is 4.25. The molecule has 1 unspecified atom stereocenters. The zero-order valence-electron chi connectivity index (χ0n) is 11.6. The number of hydrogen-bond donors (Lipinski definition) is 1. The molecule has 1 atom stereocenters. The van der Waals surface area contributed by atoms with Crippen molar-refractivity contribution in [3.8, 4) is 0 Å². The van der Waals surface area contributed by atoms with Crippen LogP contribution in [0.5, 0.6) is 0 Å². The van der Waals surface area contributed by atoms with Gasteiger partial charge in [0.15, 0.2) is 5.17 Å². The molecule has 0 amide bonds. The summed E-state index contributed by atoms with van der Waals surface area (Å²) in [5, 5.41) is 4.59. The van der Waals surface area contributed by atoms with E-state index in [1.165, 1.54) is 11.1 Å². The van der Waals surface area contributed by atoms with Gasteiger partial charge in [0.2, 0.25) is 0 Å². The predicted molar refractivity (Wildman–Crippen MR) is 94.8 cm³/mol. The first-order valence-electron chi connectivity index (χ1n) is 7.02. The molecule has 21 heavy (non-hydrogen) atoms. The molecule has 0 radical (unpaired) electrons. The number of rotatable bonds is 4.